The Kier molecular flexibility index (Phi) is 16.2. The fourth-order valence-electron chi connectivity index (χ4n) is 11.5. The summed E-state index contributed by atoms with van der Waals surface area (Å²) in [5, 5.41) is 46.2. The van der Waals surface area contributed by atoms with Gasteiger partial charge in [0.1, 0.15) is 23.0 Å². The largest absolute Gasteiger partial charge is 0.508 e. The molecule has 8 rings (SSSR count). The maximum atomic E-state index is 13.2. The van der Waals surface area contributed by atoms with E-state index in [4.69, 9.17) is 0 Å². The number of phenols is 4. The van der Waals surface area contributed by atoms with Crippen LogP contribution in [0.25, 0.3) is 0 Å². The average Bonchev–Trinajstić information content (AvgIpc) is 3.30. The molecule has 2 fully saturated rings. The van der Waals surface area contributed by atoms with Crippen LogP contribution in [-0.2, 0) is 46.1 Å². The molecule has 10 nitrogen and oxygen atoms in total. The lowest BCUT2D eigenvalue weighted by Crippen LogP contribution is -2.54. The number of carbonyl (C=O) groups excluding carboxylic acids is 2. The fraction of sp³-hybridized carbons (Fsp3) is 0.552. The van der Waals surface area contributed by atoms with Crippen LogP contribution < -0.4 is 10.6 Å². The molecule has 8 atom stereocenters. The van der Waals surface area contributed by atoms with Crippen molar-refractivity contribution >= 4 is 11.8 Å². The smallest absolute Gasteiger partial charge is 0.223 e. The monoisotopic (exact) mass is 929 g/mol. The summed E-state index contributed by atoms with van der Waals surface area (Å²) in [6.07, 6.45) is 6.89. The van der Waals surface area contributed by atoms with Crippen LogP contribution in [0.1, 0.15) is 114 Å². The summed E-state index contributed by atoms with van der Waals surface area (Å²) < 4.78 is 0. The van der Waals surface area contributed by atoms with Gasteiger partial charge in [-0.05, 0) is 181 Å². The Morgan fingerprint density at radius 3 is 1.31 bits per heavy atom. The van der Waals surface area contributed by atoms with E-state index < -0.39 is 0 Å². The van der Waals surface area contributed by atoms with Crippen LogP contribution in [0.3, 0.4) is 0 Å². The van der Waals surface area contributed by atoms with Gasteiger partial charge in [0, 0.05) is 50.1 Å². The molecule has 6 N–H and O–H groups in total. The van der Waals surface area contributed by atoms with Gasteiger partial charge in [0.15, 0.2) is 0 Å². The number of phenolic OH excluding ortho intramolecular Hbond substituents is 4. The SMILES string of the molecule is CC(C)[C@@H](CN1CC[C@@](C)(c2cccc(O)c2)[C@@H](C)C1)NC(=O)C1CCc2cc(O)ccc2C1.CC(C)[C@@H](CN1CC[C@@](C)(c2cccc(O)c2)[C@@H](C)C1)NC(=O)C1CCc2cc(O)ccc2C1. The second-order valence-corrected chi connectivity index (χ2v) is 22.3. The molecule has 0 aromatic heterocycles. The van der Waals surface area contributed by atoms with Crippen LogP contribution in [0.15, 0.2) is 84.9 Å². The third kappa shape index (κ3) is 12.0. The second kappa shape index (κ2) is 21.7. The standard InChI is InChI=1S/2C29H40N2O3/c2*1-19(2)27(30-28(34)23-9-8-22-15-26(33)11-10-21(22)14-23)18-31-13-12-29(4,20(3)17-31)24-6-5-7-25(32)16-24/h2*5-7,10-11,15-16,19-20,23,27,32-33H,8-9,12-14,17-18H2,1-4H3,(H,30,34)/t2*20-,23?,27+,29+/m00/s1. The van der Waals surface area contributed by atoms with Gasteiger partial charge in [-0.2, -0.15) is 0 Å². The molecule has 0 saturated carbocycles. The maximum Gasteiger partial charge on any atom is 0.223 e. The number of likely N-dealkylation sites (tertiary alicyclic amines) is 2. The Morgan fingerprint density at radius 1 is 0.574 bits per heavy atom. The molecule has 2 amide bonds. The van der Waals surface area contributed by atoms with E-state index in [1.54, 1.807) is 24.3 Å². The molecule has 2 aliphatic heterocycles. The Hall–Kier alpha value is -5.06. The second-order valence-electron chi connectivity index (χ2n) is 22.3. The number of benzene rings is 4. The summed E-state index contributed by atoms with van der Waals surface area (Å²) in [5.41, 5.74) is 7.19. The number of hydrogen-bond donors (Lipinski definition) is 6. The van der Waals surface area contributed by atoms with Gasteiger partial charge >= 0.3 is 0 Å². The molecule has 0 bridgehead atoms. The molecule has 2 unspecified atom stereocenters. The zero-order chi connectivity index (χ0) is 48.9. The summed E-state index contributed by atoms with van der Waals surface area (Å²) >= 11 is 0. The Balaban J connectivity index is 0.000000201. The third-order valence-corrected chi connectivity index (χ3v) is 16.9. The zero-order valence-corrected chi connectivity index (χ0v) is 42.1. The number of carbonyl (C=O) groups is 2. The van der Waals surface area contributed by atoms with Crippen molar-refractivity contribution in [2.24, 2.45) is 35.5 Å². The van der Waals surface area contributed by atoms with Crippen molar-refractivity contribution in [2.45, 2.75) is 130 Å². The summed E-state index contributed by atoms with van der Waals surface area (Å²) in [5.74, 6) is 3.17. The van der Waals surface area contributed by atoms with Crippen molar-refractivity contribution in [3.8, 4) is 23.0 Å². The van der Waals surface area contributed by atoms with Gasteiger partial charge in [0.2, 0.25) is 11.8 Å². The zero-order valence-electron chi connectivity index (χ0n) is 42.1. The highest BCUT2D eigenvalue weighted by molar-refractivity contribution is 5.80. The molecule has 2 saturated heterocycles. The maximum absolute atomic E-state index is 13.2. The number of piperidine rings is 2. The molecule has 4 aromatic carbocycles. The Bertz CT molecular complexity index is 2200. The summed E-state index contributed by atoms with van der Waals surface area (Å²) in [4.78, 5) is 31.4. The van der Waals surface area contributed by atoms with E-state index in [2.05, 4.69) is 88.0 Å². The van der Waals surface area contributed by atoms with Crippen LogP contribution in [-0.4, -0.2) is 93.4 Å². The lowest BCUT2D eigenvalue weighted by atomic mass is 9.68. The minimum atomic E-state index is -0.00683. The van der Waals surface area contributed by atoms with Crippen molar-refractivity contribution in [1.82, 2.24) is 20.4 Å². The van der Waals surface area contributed by atoms with E-state index in [1.807, 2.05) is 48.5 Å². The molecule has 2 aliphatic carbocycles. The normalized spacial score (nSPS) is 26.1. The highest BCUT2D eigenvalue weighted by Crippen LogP contribution is 2.42. The summed E-state index contributed by atoms with van der Waals surface area (Å²) in [7, 11) is 0. The molecule has 4 aromatic rings. The van der Waals surface area contributed by atoms with E-state index in [0.29, 0.717) is 46.7 Å². The molecule has 4 aliphatic rings. The number of aromatic hydroxyl groups is 4. The molecular weight excluding hydrogens is 849 g/mol. The van der Waals surface area contributed by atoms with Crippen molar-refractivity contribution in [3.05, 3.63) is 118 Å². The number of rotatable bonds is 12. The van der Waals surface area contributed by atoms with Crippen LogP contribution >= 0.6 is 0 Å². The molecular formula is C58H80N4O6. The predicted molar refractivity (Wildman–Crippen MR) is 272 cm³/mol. The van der Waals surface area contributed by atoms with Gasteiger partial charge in [-0.3, -0.25) is 9.59 Å². The highest BCUT2D eigenvalue weighted by atomic mass is 16.3. The first-order valence-electron chi connectivity index (χ1n) is 25.6. The third-order valence-electron chi connectivity index (χ3n) is 16.9. The highest BCUT2D eigenvalue weighted by Gasteiger charge is 2.41. The predicted octanol–water partition coefficient (Wildman–Crippen LogP) is 9.29. The average molecular weight is 929 g/mol. The van der Waals surface area contributed by atoms with Gasteiger partial charge in [0.05, 0.1) is 0 Å². The quantitative estimate of drug-likeness (QED) is 0.0825. The van der Waals surface area contributed by atoms with Gasteiger partial charge in [-0.15, -0.1) is 0 Å². The first-order chi connectivity index (χ1) is 32.3. The van der Waals surface area contributed by atoms with E-state index in [-0.39, 0.29) is 46.6 Å². The summed E-state index contributed by atoms with van der Waals surface area (Å²) in [6, 6.07) is 26.7. The molecule has 2 heterocycles. The number of aryl methyl sites for hydroxylation is 2. The minimum absolute atomic E-state index is 0.00683. The van der Waals surface area contributed by atoms with Crippen molar-refractivity contribution < 1.29 is 30.0 Å². The molecule has 368 valence electrons. The Morgan fingerprint density at radius 2 is 0.956 bits per heavy atom. The van der Waals surface area contributed by atoms with E-state index >= 15 is 0 Å². The lowest BCUT2D eigenvalue weighted by Gasteiger charge is -2.46. The van der Waals surface area contributed by atoms with E-state index in [1.165, 1.54) is 33.4 Å². The van der Waals surface area contributed by atoms with E-state index in [9.17, 15) is 30.0 Å². The minimum Gasteiger partial charge on any atom is -0.508 e. The first kappa shape index (κ1) is 50.8. The van der Waals surface area contributed by atoms with Crippen molar-refractivity contribution in [2.75, 3.05) is 39.3 Å². The van der Waals surface area contributed by atoms with Crippen molar-refractivity contribution in [3.63, 3.8) is 0 Å². The molecule has 10 heteroatoms. The van der Waals surface area contributed by atoms with Gasteiger partial charge in [-0.1, -0.05) is 91.8 Å². The van der Waals surface area contributed by atoms with Crippen LogP contribution in [0.4, 0.5) is 0 Å². The van der Waals surface area contributed by atoms with E-state index in [0.717, 1.165) is 90.6 Å². The lowest BCUT2D eigenvalue weighted by molar-refractivity contribution is -0.127. The number of hydrogen-bond acceptors (Lipinski definition) is 8. The Labute approximate surface area is 406 Å². The molecule has 68 heavy (non-hydrogen) atoms. The number of nitrogens with one attached hydrogen (secondary N) is 2. The molecule has 0 radical (unpaired) electrons. The van der Waals surface area contributed by atoms with Crippen molar-refractivity contribution in [1.29, 1.82) is 0 Å². The number of amides is 2. The van der Waals surface area contributed by atoms with Gasteiger partial charge in [-0.25, -0.2) is 0 Å². The summed E-state index contributed by atoms with van der Waals surface area (Å²) in [6.45, 7) is 23.6. The molecule has 0 spiro atoms. The van der Waals surface area contributed by atoms with Gasteiger partial charge in [0.25, 0.3) is 0 Å². The van der Waals surface area contributed by atoms with Gasteiger partial charge < -0.3 is 40.9 Å². The van der Waals surface area contributed by atoms with Crippen LogP contribution in [0.2, 0.25) is 0 Å². The van der Waals surface area contributed by atoms with Crippen LogP contribution in [0.5, 0.6) is 23.0 Å². The number of fused-ring (bicyclic) bond motifs is 2. The first-order valence-corrected chi connectivity index (χ1v) is 25.6. The fourth-order valence-corrected chi connectivity index (χ4v) is 11.5. The topological polar surface area (TPSA) is 146 Å². The number of nitrogens with zero attached hydrogens (tertiary/aromatic N) is 2. The van der Waals surface area contributed by atoms with Crippen LogP contribution in [0, 0.1) is 35.5 Å².